The Kier molecular flexibility index (Phi) is 2.23. The van der Waals surface area contributed by atoms with Crippen LogP contribution >= 0.6 is 23.3 Å². The number of nitrogens with zero attached hydrogens (tertiary/aromatic N) is 1. The van der Waals surface area contributed by atoms with Crippen LogP contribution in [0.25, 0.3) is 15.1 Å². The Bertz CT molecular complexity index is 554. The van der Waals surface area contributed by atoms with Crippen molar-refractivity contribution in [2.45, 2.75) is 0 Å². The standard InChI is InChI=1S/C11H8N2S2/c1-2-10(15-13-5-1)8-3-4-9-11(6-8)14-7-12-9/h1-7,13H. The van der Waals surface area contributed by atoms with E-state index in [-0.39, 0.29) is 0 Å². The third kappa shape index (κ3) is 1.66. The Labute approximate surface area is 95.9 Å². The maximum Gasteiger partial charge on any atom is 0.0812 e. The van der Waals surface area contributed by atoms with Crippen molar-refractivity contribution in [2.24, 2.45) is 0 Å². The summed E-state index contributed by atoms with van der Waals surface area (Å²) in [7, 11) is 0. The minimum Gasteiger partial charge on any atom is -0.332 e. The Morgan fingerprint density at radius 2 is 2.27 bits per heavy atom. The van der Waals surface area contributed by atoms with Crippen LogP contribution in [-0.4, -0.2) is 4.98 Å². The predicted octanol–water partition coefficient (Wildman–Crippen LogP) is 3.40. The first-order chi connectivity index (χ1) is 7.43. The van der Waals surface area contributed by atoms with Gasteiger partial charge in [-0.05, 0) is 41.8 Å². The molecule has 2 nitrogen and oxygen atoms in total. The molecule has 0 spiro atoms. The molecule has 2 heterocycles. The summed E-state index contributed by atoms with van der Waals surface area (Å²) in [6.07, 6.45) is 6.06. The van der Waals surface area contributed by atoms with Crippen molar-refractivity contribution in [3.63, 3.8) is 0 Å². The molecule has 0 aliphatic carbocycles. The molecule has 15 heavy (non-hydrogen) atoms. The van der Waals surface area contributed by atoms with Crippen LogP contribution in [0, 0.1) is 0 Å². The molecule has 0 saturated carbocycles. The molecule has 74 valence electrons. The van der Waals surface area contributed by atoms with Gasteiger partial charge in [-0.25, -0.2) is 4.98 Å². The summed E-state index contributed by atoms with van der Waals surface area (Å²) in [5.74, 6) is 0. The Hall–Kier alpha value is -1.26. The Morgan fingerprint density at radius 1 is 1.27 bits per heavy atom. The van der Waals surface area contributed by atoms with E-state index in [1.807, 2.05) is 17.8 Å². The van der Waals surface area contributed by atoms with Gasteiger partial charge >= 0.3 is 0 Å². The van der Waals surface area contributed by atoms with Gasteiger partial charge in [-0.2, -0.15) is 0 Å². The van der Waals surface area contributed by atoms with Gasteiger partial charge in [-0.1, -0.05) is 6.07 Å². The maximum atomic E-state index is 4.27. The lowest BCUT2D eigenvalue weighted by atomic mass is 10.2. The minimum absolute atomic E-state index is 1.08. The summed E-state index contributed by atoms with van der Waals surface area (Å²) in [6.45, 7) is 0. The highest BCUT2D eigenvalue weighted by Gasteiger charge is 2.05. The number of hydrogen-bond acceptors (Lipinski definition) is 4. The average Bonchev–Trinajstić information content (AvgIpc) is 2.77. The van der Waals surface area contributed by atoms with E-state index in [1.54, 1.807) is 23.3 Å². The SMILES string of the molecule is C1=CNSC(c2ccc3ncsc3c2)=C1. The van der Waals surface area contributed by atoms with Gasteiger partial charge < -0.3 is 4.72 Å². The molecule has 1 aromatic heterocycles. The molecule has 4 heteroatoms. The first-order valence-electron chi connectivity index (χ1n) is 4.56. The molecule has 3 rings (SSSR count). The van der Waals surface area contributed by atoms with Gasteiger partial charge in [0.2, 0.25) is 0 Å². The molecule has 0 fully saturated rings. The van der Waals surface area contributed by atoms with E-state index in [0.29, 0.717) is 0 Å². The largest absolute Gasteiger partial charge is 0.332 e. The van der Waals surface area contributed by atoms with Gasteiger partial charge in [0, 0.05) is 11.1 Å². The molecular weight excluding hydrogens is 224 g/mol. The predicted molar refractivity (Wildman–Crippen MR) is 67.5 cm³/mol. The van der Waals surface area contributed by atoms with E-state index < -0.39 is 0 Å². The molecule has 1 aliphatic rings. The van der Waals surface area contributed by atoms with Crippen molar-refractivity contribution in [1.82, 2.24) is 9.71 Å². The maximum absolute atomic E-state index is 4.27. The first kappa shape index (κ1) is 9.00. The summed E-state index contributed by atoms with van der Waals surface area (Å²) in [5, 5.41) is 0. The fourth-order valence-corrected chi connectivity index (χ4v) is 2.85. The summed E-state index contributed by atoms with van der Waals surface area (Å²) in [4.78, 5) is 5.51. The van der Waals surface area contributed by atoms with Gasteiger partial charge in [0.25, 0.3) is 0 Å². The highest BCUT2D eigenvalue weighted by molar-refractivity contribution is 8.06. The van der Waals surface area contributed by atoms with Crippen LogP contribution in [0.2, 0.25) is 0 Å². The zero-order valence-corrected chi connectivity index (χ0v) is 9.44. The van der Waals surface area contributed by atoms with Crippen molar-refractivity contribution < 1.29 is 0 Å². The summed E-state index contributed by atoms with van der Waals surface area (Å²) >= 11 is 3.32. The fraction of sp³-hybridized carbons (Fsp3) is 0. The van der Waals surface area contributed by atoms with Crippen LogP contribution in [-0.2, 0) is 0 Å². The van der Waals surface area contributed by atoms with Crippen LogP contribution in [0.3, 0.4) is 0 Å². The normalized spacial score (nSPS) is 15.1. The van der Waals surface area contributed by atoms with Crippen molar-refractivity contribution in [3.05, 3.63) is 47.6 Å². The molecule has 0 bridgehead atoms. The number of aromatic nitrogens is 1. The number of benzene rings is 1. The van der Waals surface area contributed by atoms with E-state index in [2.05, 4.69) is 34.0 Å². The molecule has 1 aliphatic heterocycles. The van der Waals surface area contributed by atoms with Gasteiger partial charge in [-0.3, -0.25) is 0 Å². The van der Waals surface area contributed by atoms with Crippen molar-refractivity contribution >= 4 is 38.4 Å². The van der Waals surface area contributed by atoms with Crippen LogP contribution in [0.15, 0.2) is 42.1 Å². The van der Waals surface area contributed by atoms with Gasteiger partial charge in [0.05, 0.1) is 15.7 Å². The van der Waals surface area contributed by atoms with Crippen LogP contribution in [0.4, 0.5) is 0 Å². The first-order valence-corrected chi connectivity index (χ1v) is 6.26. The second kappa shape index (κ2) is 3.72. The monoisotopic (exact) mass is 232 g/mol. The highest BCUT2D eigenvalue weighted by Crippen LogP contribution is 2.30. The van der Waals surface area contributed by atoms with E-state index in [0.717, 1.165) is 5.52 Å². The lowest BCUT2D eigenvalue weighted by Gasteiger charge is -2.09. The van der Waals surface area contributed by atoms with Gasteiger partial charge in [0.1, 0.15) is 0 Å². The second-order valence-corrected chi connectivity index (χ2v) is 4.91. The summed E-state index contributed by atoms with van der Waals surface area (Å²) < 4.78 is 4.37. The topological polar surface area (TPSA) is 24.9 Å². The van der Waals surface area contributed by atoms with E-state index in [9.17, 15) is 0 Å². The lowest BCUT2D eigenvalue weighted by molar-refractivity contribution is 1.41. The van der Waals surface area contributed by atoms with E-state index in [4.69, 9.17) is 0 Å². The van der Waals surface area contributed by atoms with Crippen LogP contribution in [0.5, 0.6) is 0 Å². The van der Waals surface area contributed by atoms with E-state index in [1.165, 1.54) is 15.2 Å². The second-order valence-electron chi connectivity index (χ2n) is 3.14. The van der Waals surface area contributed by atoms with Crippen molar-refractivity contribution in [2.75, 3.05) is 0 Å². The molecule has 0 amide bonds. The lowest BCUT2D eigenvalue weighted by Crippen LogP contribution is -1.95. The van der Waals surface area contributed by atoms with Crippen LogP contribution < -0.4 is 4.72 Å². The van der Waals surface area contributed by atoms with E-state index >= 15 is 0 Å². The van der Waals surface area contributed by atoms with Gasteiger partial charge in [-0.15, -0.1) is 11.3 Å². The molecule has 0 unspecified atom stereocenters. The fourth-order valence-electron chi connectivity index (χ4n) is 1.47. The number of rotatable bonds is 1. The van der Waals surface area contributed by atoms with Crippen LogP contribution in [0.1, 0.15) is 5.56 Å². The molecule has 0 saturated heterocycles. The Morgan fingerprint density at radius 3 is 3.13 bits per heavy atom. The Balaban J connectivity index is 2.10. The molecule has 1 aromatic carbocycles. The minimum atomic E-state index is 1.08. The number of nitrogens with one attached hydrogen (secondary N) is 1. The molecule has 0 atom stereocenters. The smallest absolute Gasteiger partial charge is 0.0812 e. The molecule has 0 radical (unpaired) electrons. The highest BCUT2D eigenvalue weighted by atomic mass is 32.2. The van der Waals surface area contributed by atoms with Gasteiger partial charge in [0.15, 0.2) is 0 Å². The number of allylic oxidation sites excluding steroid dienone is 2. The quantitative estimate of drug-likeness (QED) is 0.763. The van der Waals surface area contributed by atoms with Crippen molar-refractivity contribution in [1.29, 1.82) is 0 Å². The zero-order chi connectivity index (χ0) is 10.1. The zero-order valence-electron chi connectivity index (χ0n) is 7.81. The molecular formula is C11H8N2S2. The van der Waals surface area contributed by atoms with Crippen molar-refractivity contribution in [3.8, 4) is 0 Å². The third-order valence-electron chi connectivity index (χ3n) is 2.20. The summed E-state index contributed by atoms with van der Waals surface area (Å²) in [6, 6.07) is 6.37. The molecule has 2 aromatic rings. The summed E-state index contributed by atoms with van der Waals surface area (Å²) in [5.41, 5.74) is 4.21. The number of hydrogen-bond donors (Lipinski definition) is 1. The number of thiazole rings is 1. The number of fused-ring (bicyclic) bond motifs is 1. The molecule has 1 N–H and O–H groups in total. The average molecular weight is 232 g/mol. The third-order valence-corrected chi connectivity index (χ3v) is 3.83.